The average molecular weight is 1240 g/mol. The maximum atomic E-state index is 13.3. The van der Waals surface area contributed by atoms with Crippen LogP contribution in [0, 0.1) is 0 Å². The van der Waals surface area contributed by atoms with Crippen LogP contribution in [0.1, 0.15) is 245 Å². The smallest absolute Gasteiger partial charge is 0.220 e. The van der Waals surface area contributed by atoms with Crippen LogP contribution in [0.3, 0.4) is 0 Å². The molecule has 0 bridgehead atoms. The van der Waals surface area contributed by atoms with Crippen LogP contribution in [-0.4, -0.2) is 140 Å². The van der Waals surface area contributed by atoms with Gasteiger partial charge in [0.25, 0.3) is 0 Å². The molecule has 0 aromatic heterocycles. The Morgan fingerprint density at radius 2 is 0.795 bits per heavy atom. The number of carbonyl (C=O) groups excluding carboxylic acids is 1. The van der Waals surface area contributed by atoms with Crippen molar-refractivity contribution in [2.45, 2.75) is 319 Å². The molecule has 2 aliphatic rings. The van der Waals surface area contributed by atoms with E-state index in [0.29, 0.717) is 12.8 Å². The van der Waals surface area contributed by atoms with Crippen molar-refractivity contribution in [1.82, 2.24) is 5.32 Å². The van der Waals surface area contributed by atoms with Gasteiger partial charge in [0.2, 0.25) is 5.91 Å². The van der Waals surface area contributed by atoms with Gasteiger partial charge >= 0.3 is 0 Å². The third kappa shape index (κ3) is 41.0. The van der Waals surface area contributed by atoms with Crippen molar-refractivity contribution >= 4 is 5.91 Å². The van der Waals surface area contributed by atoms with Gasteiger partial charge in [0.15, 0.2) is 12.6 Å². The summed E-state index contributed by atoms with van der Waals surface area (Å²) in [6.07, 6.45) is 66.7. The summed E-state index contributed by atoms with van der Waals surface area (Å²) in [6, 6.07) is -0.949. The molecule has 0 aliphatic carbocycles. The number of aliphatic hydroxyl groups is 8. The second kappa shape index (κ2) is 57.3. The van der Waals surface area contributed by atoms with Gasteiger partial charge in [0.1, 0.15) is 48.8 Å². The molecule has 2 saturated heterocycles. The molecule has 0 saturated carbocycles. The van der Waals surface area contributed by atoms with E-state index in [-0.39, 0.29) is 18.9 Å². The van der Waals surface area contributed by atoms with E-state index >= 15 is 0 Å². The number of ether oxygens (including phenoxy) is 4. The molecule has 12 unspecified atom stereocenters. The largest absolute Gasteiger partial charge is 0.394 e. The molecule has 2 rings (SSSR count). The Bertz CT molecular complexity index is 1940. The highest BCUT2D eigenvalue weighted by Crippen LogP contribution is 2.30. The van der Waals surface area contributed by atoms with Crippen LogP contribution < -0.4 is 5.32 Å². The van der Waals surface area contributed by atoms with Crippen LogP contribution >= 0.6 is 0 Å². The molecular weight excluding hydrogens is 1110 g/mol. The Kier molecular flexibility index (Phi) is 52.4. The Hall–Kier alpha value is -3.61. The monoisotopic (exact) mass is 1240 g/mol. The van der Waals surface area contributed by atoms with E-state index in [2.05, 4.69) is 129 Å². The van der Waals surface area contributed by atoms with E-state index in [0.717, 1.165) is 96.3 Å². The third-order valence-electron chi connectivity index (χ3n) is 16.1. The van der Waals surface area contributed by atoms with Crippen molar-refractivity contribution < 1.29 is 64.6 Å². The summed E-state index contributed by atoms with van der Waals surface area (Å²) < 4.78 is 22.8. The van der Waals surface area contributed by atoms with E-state index in [1.807, 2.05) is 6.08 Å². The average Bonchev–Trinajstić information content (AvgIpc) is 2.07. The van der Waals surface area contributed by atoms with Crippen molar-refractivity contribution in [1.29, 1.82) is 0 Å². The zero-order valence-electron chi connectivity index (χ0n) is 54.7. The summed E-state index contributed by atoms with van der Waals surface area (Å²) in [5.41, 5.74) is 0. The van der Waals surface area contributed by atoms with Gasteiger partial charge < -0.3 is 65.1 Å². The number of allylic oxidation sites excluding steroid dienone is 19. The second-order valence-corrected chi connectivity index (χ2v) is 23.9. The van der Waals surface area contributed by atoms with E-state index in [1.165, 1.54) is 116 Å². The molecule has 14 heteroatoms. The number of unbranched alkanes of at least 4 members (excludes halogenated alkanes) is 24. The first-order valence-electron chi connectivity index (χ1n) is 34.8. The van der Waals surface area contributed by atoms with E-state index < -0.39 is 86.8 Å². The molecule has 9 N–H and O–H groups in total. The minimum Gasteiger partial charge on any atom is -0.394 e. The number of hydrogen-bond acceptors (Lipinski definition) is 13. The molecule has 2 fully saturated rings. The minimum atomic E-state index is -1.80. The summed E-state index contributed by atoms with van der Waals surface area (Å²) in [6.45, 7) is 2.66. The van der Waals surface area contributed by atoms with Crippen molar-refractivity contribution in [3.63, 3.8) is 0 Å². The Labute approximate surface area is 533 Å². The molecule has 88 heavy (non-hydrogen) atoms. The van der Waals surface area contributed by atoms with Crippen molar-refractivity contribution in [2.24, 2.45) is 0 Å². The lowest BCUT2D eigenvalue weighted by Gasteiger charge is -2.46. The molecule has 504 valence electrons. The minimum absolute atomic E-state index is 0.259. The number of rotatable bonds is 55. The van der Waals surface area contributed by atoms with Crippen LogP contribution in [0.2, 0.25) is 0 Å². The SMILES string of the molecule is CC/C=C\C/C=C\C/C=C\C/C=C\C/C=C\C/C=C\C/C=C\CCCCCCCCCCCCCC(=O)NC(COC1OC(CO)C(OC2OC(CO)C(O)C(O)C2O)C(O)C1O)C(O)/C=C/CC/C=C/CC/C=C/CCCCCCCCCCCCC. The second-order valence-electron chi connectivity index (χ2n) is 23.9. The molecule has 0 radical (unpaired) electrons. The van der Waals surface area contributed by atoms with E-state index in [9.17, 15) is 45.6 Å². The van der Waals surface area contributed by atoms with Gasteiger partial charge in [-0.25, -0.2) is 0 Å². The van der Waals surface area contributed by atoms with Crippen molar-refractivity contribution in [2.75, 3.05) is 19.8 Å². The summed E-state index contributed by atoms with van der Waals surface area (Å²) in [5.74, 6) is -0.261. The first kappa shape index (κ1) is 80.5. The van der Waals surface area contributed by atoms with E-state index in [4.69, 9.17) is 18.9 Å². The number of aliphatic hydroxyl groups excluding tert-OH is 8. The lowest BCUT2D eigenvalue weighted by atomic mass is 9.97. The molecular formula is C74H125NO13. The Morgan fingerprint density at radius 3 is 1.25 bits per heavy atom. The standard InChI is InChI=1S/C74H125NO13/c1-3-5-7-9-11-13-15-17-19-21-23-25-26-27-28-29-30-31-32-33-34-35-36-38-40-42-44-46-48-50-52-54-56-58-66(79)75-62(63(78)57-55-53-51-49-47-45-43-41-39-37-24-22-20-18-16-14-12-10-8-6-4-2)61-85-73-71(84)69(82)72(65(60-77)87-73)88-74-70(83)68(81)67(80)64(59-76)86-74/h5,7,11,13,17,19,23,25,27-28,30-31,33-34,39,41,47,49,55,57,62-65,67-74,76-78,80-84H,3-4,6,8-10,12,14-16,18,20-22,24,26,29,32,35-38,40,42-46,48,50-54,56,58-61H2,1-2H3,(H,75,79)/b7-5-,13-11-,19-17-,25-23-,28-27-,31-30-,34-33-,41-39+,49-47+,57-55+. The fraction of sp³-hybridized carbons (Fsp3) is 0.716. The van der Waals surface area contributed by atoms with Gasteiger partial charge in [0, 0.05) is 6.42 Å². The molecule has 0 aromatic rings. The molecule has 2 aliphatic heterocycles. The number of hydrogen-bond donors (Lipinski definition) is 9. The first-order chi connectivity index (χ1) is 43.1. The van der Waals surface area contributed by atoms with Gasteiger partial charge in [-0.15, -0.1) is 0 Å². The highest BCUT2D eigenvalue weighted by molar-refractivity contribution is 5.76. The molecule has 2 heterocycles. The molecule has 0 aromatic carbocycles. The third-order valence-corrected chi connectivity index (χ3v) is 16.1. The predicted octanol–water partition coefficient (Wildman–Crippen LogP) is 14.1. The van der Waals surface area contributed by atoms with Gasteiger partial charge in [-0.3, -0.25) is 4.79 Å². The molecule has 0 spiro atoms. The van der Waals surface area contributed by atoms with Gasteiger partial charge in [0.05, 0.1) is 32.0 Å². The zero-order valence-corrected chi connectivity index (χ0v) is 54.7. The normalized spacial score (nSPS) is 23.9. The van der Waals surface area contributed by atoms with Gasteiger partial charge in [-0.05, 0) is 103 Å². The molecule has 1 amide bonds. The van der Waals surface area contributed by atoms with Crippen LogP contribution in [0.4, 0.5) is 0 Å². The first-order valence-corrected chi connectivity index (χ1v) is 34.8. The van der Waals surface area contributed by atoms with Crippen LogP contribution in [-0.2, 0) is 23.7 Å². The van der Waals surface area contributed by atoms with Crippen molar-refractivity contribution in [3.05, 3.63) is 122 Å². The summed E-state index contributed by atoms with van der Waals surface area (Å²) in [4.78, 5) is 13.3. The fourth-order valence-corrected chi connectivity index (χ4v) is 10.6. The van der Waals surface area contributed by atoms with Crippen LogP contribution in [0.5, 0.6) is 0 Å². The number of amides is 1. The van der Waals surface area contributed by atoms with Crippen LogP contribution in [0.25, 0.3) is 0 Å². The highest BCUT2D eigenvalue weighted by Gasteiger charge is 2.51. The van der Waals surface area contributed by atoms with Gasteiger partial charge in [-0.2, -0.15) is 0 Å². The van der Waals surface area contributed by atoms with Crippen LogP contribution in [0.15, 0.2) is 122 Å². The fourth-order valence-electron chi connectivity index (χ4n) is 10.6. The molecule has 14 nitrogen and oxygen atoms in total. The topological polar surface area (TPSA) is 228 Å². The quantitative estimate of drug-likeness (QED) is 0.0204. The lowest BCUT2D eigenvalue weighted by Crippen LogP contribution is -2.65. The Morgan fingerprint density at radius 1 is 0.420 bits per heavy atom. The zero-order chi connectivity index (χ0) is 63.8. The number of carbonyl (C=O) groups is 1. The maximum absolute atomic E-state index is 13.3. The lowest BCUT2D eigenvalue weighted by molar-refractivity contribution is -0.359. The van der Waals surface area contributed by atoms with E-state index in [1.54, 1.807) is 6.08 Å². The Balaban J connectivity index is 1.70. The number of nitrogens with one attached hydrogen (secondary N) is 1. The van der Waals surface area contributed by atoms with Gasteiger partial charge in [-0.1, -0.05) is 257 Å². The highest BCUT2D eigenvalue weighted by atomic mass is 16.7. The predicted molar refractivity (Wildman–Crippen MR) is 359 cm³/mol. The van der Waals surface area contributed by atoms with Crippen molar-refractivity contribution in [3.8, 4) is 0 Å². The summed E-state index contributed by atoms with van der Waals surface area (Å²) in [5, 5.41) is 87.4. The molecule has 12 atom stereocenters. The maximum Gasteiger partial charge on any atom is 0.220 e. The summed E-state index contributed by atoms with van der Waals surface area (Å²) >= 11 is 0. The summed E-state index contributed by atoms with van der Waals surface area (Å²) in [7, 11) is 0.